The van der Waals surface area contributed by atoms with Crippen LogP contribution in [0.1, 0.15) is 17.2 Å². The highest BCUT2D eigenvalue weighted by Gasteiger charge is 2.09. The van der Waals surface area contributed by atoms with Gasteiger partial charge in [-0.05, 0) is 35.7 Å². The maximum Gasteiger partial charge on any atom is 0.123 e. The Balaban J connectivity index is 2.17. The van der Waals surface area contributed by atoms with E-state index in [2.05, 4.69) is 4.98 Å². The van der Waals surface area contributed by atoms with Gasteiger partial charge in [-0.25, -0.2) is 4.39 Å². The van der Waals surface area contributed by atoms with Crippen LogP contribution in [-0.4, -0.2) is 4.98 Å². The van der Waals surface area contributed by atoms with E-state index in [1.807, 2.05) is 0 Å². The van der Waals surface area contributed by atoms with Crippen molar-refractivity contribution in [3.8, 4) is 0 Å². The van der Waals surface area contributed by atoms with Crippen molar-refractivity contribution in [1.82, 2.24) is 4.98 Å². The second kappa shape index (κ2) is 4.93. The molecule has 1 aromatic heterocycles. The lowest BCUT2D eigenvalue weighted by molar-refractivity contribution is 0.618. The number of aromatic nitrogens is 1. The highest BCUT2D eigenvalue weighted by Crippen LogP contribution is 2.19. The summed E-state index contributed by atoms with van der Waals surface area (Å²) >= 11 is 0. The normalized spacial score (nSPS) is 12.4. The van der Waals surface area contributed by atoms with Gasteiger partial charge in [0.25, 0.3) is 0 Å². The van der Waals surface area contributed by atoms with Gasteiger partial charge in [0.2, 0.25) is 0 Å². The van der Waals surface area contributed by atoms with Crippen molar-refractivity contribution < 1.29 is 4.39 Å². The zero-order valence-electron chi connectivity index (χ0n) is 9.31. The second-order valence-electron chi connectivity index (χ2n) is 3.94. The van der Waals surface area contributed by atoms with Crippen molar-refractivity contribution in [2.75, 3.05) is 5.73 Å². The molecule has 0 fully saturated rings. The number of benzene rings is 1. The molecular formula is C13H14FN3. The minimum Gasteiger partial charge on any atom is -0.398 e. The van der Waals surface area contributed by atoms with Crippen LogP contribution in [0.3, 0.4) is 0 Å². The molecule has 0 aliphatic carbocycles. The van der Waals surface area contributed by atoms with E-state index in [1.165, 1.54) is 12.1 Å². The van der Waals surface area contributed by atoms with Crippen molar-refractivity contribution in [1.29, 1.82) is 0 Å². The molecule has 0 saturated heterocycles. The van der Waals surface area contributed by atoms with Crippen LogP contribution in [-0.2, 0) is 6.42 Å². The number of halogens is 1. The number of rotatable bonds is 3. The van der Waals surface area contributed by atoms with Crippen molar-refractivity contribution in [2.45, 2.75) is 12.5 Å². The zero-order chi connectivity index (χ0) is 12.3. The van der Waals surface area contributed by atoms with E-state index in [9.17, 15) is 4.39 Å². The SMILES string of the molecule is Nc1ccncc1CC(N)c1cccc(F)c1. The van der Waals surface area contributed by atoms with Gasteiger partial charge in [-0.3, -0.25) is 4.98 Å². The lowest BCUT2D eigenvalue weighted by atomic mass is 10.00. The van der Waals surface area contributed by atoms with Crippen molar-refractivity contribution in [3.05, 3.63) is 59.7 Å². The van der Waals surface area contributed by atoms with Crippen LogP contribution < -0.4 is 11.5 Å². The average Bonchev–Trinajstić information content (AvgIpc) is 2.32. The van der Waals surface area contributed by atoms with Gasteiger partial charge in [-0.2, -0.15) is 0 Å². The maximum atomic E-state index is 13.1. The molecule has 0 bridgehead atoms. The molecule has 4 heteroatoms. The van der Waals surface area contributed by atoms with E-state index in [4.69, 9.17) is 11.5 Å². The minimum absolute atomic E-state index is 0.280. The van der Waals surface area contributed by atoms with Gasteiger partial charge in [0.1, 0.15) is 5.82 Å². The van der Waals surface area contributed by atoms with Crippen molar-refractivity contribution in [3.63, 3.8) is 0 Å². The molecule has 2 rings (SSSR count). The summed E-state index contributed by atoms with van der Waals surface area (Å²) in [4.78, 5) is 4.00. The summed E-state index contributed by atoms with van der Waals surface area (Å²) in [5.74, 6) is -0.280. The summed E-state index contributed by atoms with van der Waals surface area (Å²) < 4.78 is 13.1. The second-order valence-corrected chi connectivity index (χ2v) is 3.94. The third kappa shape index (κ3) is 2.79. The van der Waals surface area contributed by atoms with Gasteiger partial charge in [0.15, 0.2) is 0 Å². The summed E-state index contributed by atoms with van der Waals surface area (Å²) in [7, 11) is 0. The summed E-state index contributed by atoms with van der Waals surface area (Å²) in [6.07, 6.45) is 3.87. The molecule has 0 radical (unpaired) electrons. The Labute approximate surface area is 99.3 Å². The minimum atomic E-state index is -0.280. The summed E-state index contributed by atoms with van der Waals surface area (Å²) in [6.45, 7) is 0. The average molecular weight is 231 g/mol. The number of nitrogen functional groups attached to an aromatic ring is 1. The first kappa shape index (κ1) is 11.5. The maximum absolute atomic E-state index is 13.1. The van der Waals surface area contributed by atoms with E-state index in [-0.39, 0.29) is 11.9 Å². The Bertz CT molecular complexity index is 514. The van der Waals surface area contributed by atoms with Crippen LogP contribution >= 0.6 is 0 Å². The number of hydrogen-bond acceptors (Lipinski definition) is 3. The molecule has 17 heavy (non-hydrogen) atoms. The third-order valence-electron chi connectivity index (χ3n) is 2.66. The molecule has 0 amide bonds. The highest BCUT2D eigenvalue weighted by atomic mass is 19.1. The standard InChI is InChI=1S/C13H14FN3/c14-11-3-1-2-9(6-11)13(16)7-10-8-17-5-4-12(10)15/h1-6,8,13H,7,16H2,(H2,15,17). The zero-order valence-corrected chi connectivity index (χ0v) is 9.31. The first-order valence-corrected chi connectivity index (χ1v) is 5.36. The van der Waals surface area contributed by atoms with Crippen LogP contribution in [0.2, 0.25) is 0 Å². The highest BCUT2D eigenvalue weighted by molar-refractivity contribution is 5.45. The van der Waals surface area contributed by atoms with E-state index >= 15 is 0 Å². The van der Waals surface area contributed by atoms with Crippen LogP contribution in [0.25, 0.3) is 0 Å². The molecule has 1 aromatic carbocycles. The molecule has 0 aliphatic rings. The Morgan fingerprint density at radius 3 is 2.82 bits per heavy atom. The Morgan fingerprint density at radius 2 is 2.12 bits per heavy atom. The van der Waals surface area contributed by atoms with Gasteiger partial charge < -0.3 is 11.5 Å². The fourth-order valence-corrected chi connectivity index (χ4v) is 1.70. The molecule has 3 nitrogen and oxygen atoms in total. The Kier molecular flexibility index (Phi) is 3.35. The third-order valence-corrected chi connectivity index (χ3v) is 2.66. The van der Waals surface area contributed by atoms with E-state index in [0.717, 1.165) is 11.1 Å². The van der Waals surface area contributed by atoms with Gasteiger partial charge in [0, 0.05) is 24.1 Å². The molecule has 0 spiro atoms. The molecule has 0 aliphatic heterocycles. The molecule has 1 unspecified atom stereocenters. The van der Waals surface area contributed by atoms with Crippen molar-refractivity contribution in [2.24, 2.45) is 5.73 Å². The molecule has 1 atom stereocenters. The molecule has 1 heterocycles. The lowest BCUT2D eigenvalue weighted by Crippen LogP contribution is -2.14. The first-order chi connectivity index (χ1) is 8.16. The lowest BCUT2D eigenvalue weighted by Gasteiger charge is -2.13. The smallest absolute Gasteiger partial charge is 0.123 e. The number of anilines is 1. The van der Waals surface area contributed by atoms with Crippen LogP contribution in [0.5, 0.6) is 0 Å². The van der Waals surface area contributed by atoms with Crippen LogP contribution in [0, 0.1) is 5.82 Å². The van der Waals surface area contributed by atoms with Gasteiger partial charge in [-0.1, -0.05) is 12.1 Å². The van der Waals surface area contributed by atoms with Gasteiger partial charge >= 0.3 is 0 Å². The summed E-state index contributed by atoms with van der Waals surface area (Å²) in [5, 5.41) is 0. The number of pyridine rings is 1. The topological polar surface area (TPSA) is 64.9 Å². The molecular weight excluding hydrogens is 217 g/mol. The van der Waals surface area contributed by atoms with Gasteiger partial charge in [0.05, 0.1) is 0 Å². The predicted molar refractivity (Wildman–Crippen MR) is 65.7 cm³/mol. The van der Waals surface area contributed by atoms with E-state index < -0.39 is 0 Å². The van der Waals surface area contributed by atoms with E-state index in [1.54, 1.807) is 30.6 Å². The number of nitrogens with zero attached hydrogens (tertiary/aromatic N) is 1. The van der Waals surface area contributed by atoms with Crippen LogP contribution in [0.15, 0.2) is 42.7 Å². The molecule has 88 valence electrons. The van der Waals surface area contributed by atoms with Crippen LogP contribution in [0.4, 0.5) is 10.1 Å². The van der Waals surface area contributed by atoms with Crippen molar-refractivity contribution >= 4 is 5.69 Å². The van der Waals surface area contributed by atoms with E-state index in [0.29, 0.717) is 12.1 Å². The fraction of sp³-hybridized carbons (Fsp3) is 0.154. The number of hydrogen-bond donors (Lipinski definition) is 2. The van der Waals surface area contributed by atoms with Gasteiger partial charge in [-0.15, -0.1) is 0 Å². The fourth-order valence-electron chi connectivity index (χ4n) is 1.70. The molecule has 0 saturated carbocycles. The predicted octanol–water partition coefficient (Wildman–Crippen LogP) is 2.05. The quantitative estimate of drug-likeness (QED) is 0.849. The number of nitrogens with two attached hydrogens (primary N) is 2. The Hall–Kier alpha value is -1.94. The molecule has 4 N–H and O–H groups in total. The summed E-state index contributed by atoms with van der Waals surface area (Å²) in [5.41, 5.74) is 14.1. The monoisotopic (exact) mass is 231 g/mol. The molecule has 2 aromatic rings. The largest absolute Gasteiger partial charge is 0.398 e. The summed E-state index contributed by atoms with van der Waals surface area (Å²) in [6, 6.07) is 7.74. The first-order valence-electron chi connectivity index (χ1n) is 5.36. The Morgan fingerprint density at radius 1 is 1.29 bits per heavy atom.